The first-order chi connectivity index (χ1) is 21.5. The van der Waals surface area contributed by atoms with Crippen molar-refractivity contribution in [1.82, 2.24) is 4.57 Å². The summed E-state index contributed by atoms with van der Waals surface area (Å²) in [6, 6.07) is 13.2. The second kappa shape index (κ2) is 12.7. The van der Waals surface area contributed by atoms with Crippen molar-refractivity contribution in [2.75, 3.05) is 13.7 Å². The van der Waals surface area contributed by atoms with Crippen LogP contribution < -0.4 is 24.4 Å². The Kier molecular flexibility index (Phi) is 8.82. The number of hydrogen-bond acceptors (Lipinski definition) is 11. The van der Waals surface area contributed by atoms with Crippen molar-refractivity contribution in [3.05, 3.63) is 107 Å². The number of carbonyl (C=O) groups excluding carboxylic acids is 2. The van der Waals surface area contributed by atoms with Gasteiger partial charge < -0.3 is 18.6 Å². The van der Waals surface area contributed by atoms with Gasteiger partial charge in [-0.05, 0) is 42.7 Å². The number of non-ortho nitro benzene ring substituents is 1. The van der Waals surface area contributed by atoms with Crippen LogP contribution in [0.15, 0.2) is 80.1 Å². The maximum absolute atomic E-state index is 14.0. The normalized spacial score (nSPS) is 14.6. The van der Waals surface area contributed by atoms with Gasteiger partial charge in [-0.15, -0.1) is 0 Å². The molecule has 13 heteroatoms. The maximum Gasteiger partial charge on any atom is 0.338 e. The van der Waals surface area contributed by atoms with Gasteiger partial charge in [-0.25, -0.2) is 9.79 Å². The van der Waals surface area contributed by atoms with Gasteiger partial charge in [0.1, 0.15) is 11.5 Å². The van der Waals surface area contributed by atoms with E-state index in [-0.39, 0.29) is 39.8 Å². The quantitative estimate of drug-likeness (QED) is 0.112. The van der Waals surface area contributed by atoms with Crippen LogP contribution in [0.1, 0.15) is 45.1 Å². The van der Waals surface area contributed by atoms with Crippen LogP contribution >= 0.6 is 11.3 Å². The Balaban J connectivity index is 1.63. The molecule has 0 radical (unpaired) electrons. The van der Waals surface area contributed by atoms with E-state index in [1.54, 1.807) is 49.4 Å². The SMILES string of the molecule is COc1cc(C2C(C(=O)OCC(C)C)=C(C)N=c3sc(=Cc4ccc(-c5cccc([N+](=O)[O-])c5)o4)c(=O)n32)ccc1OC(C)=O. The van der Waals surface area contributed by atoms with Crippen LogP contribution in [0.25, 0.3) is 17.4 Å². The molecule has 0 bridgehead atoms. The lowest BCUT2D eigenvalue weighted by atomic mass is 9.95. The summed E-state index contributed by atoms with van der Waals surface area (Å²) in [6.07, 6.45) is 1.56. The molecular formula is C32H29N3O9S. The summed E-state index contributed by atoms with van der Waals surface area (Å²) in [7, 11) is 1.42. The minimum atomic E-state index is -0.930. The van der Waals surface area contributed by atoms with Gasteiger partial charge in [0.25, 0.3) is 11.2 Å². The van der Waals surface area contributed by atoms with Gasteiger partial charge >= 0.3 is 11.9 Å². The fourth-order valence-electron chi connectivity index (χ4n) is 4.80. The molecule has 1 atom stereocenters. The van der Waals surface area contributed by atoms with E-state index in [1.807, 2.05) is 13.8 Å². The molecule has 0 spiro atoms. The summed E-state index contributed by atoms with van der Waals surface area (Å²) in [5.74, 6) is 0.0911. The van der Waals surface area contributed by atoms with E-state index in [4.69, 9.17) is 18.6 Å². The zero-order chi connectivity index (χ0) is 32.4. The van der Waals surface area contributed by atoms with Crippen LogP contribution in [0, 0.1) is 16.0 Å². The molecule has 1 unspecified atom stereocenters. The van der Waals surface area contributed by atoms with Crippen molar-refractivity contribution in [3.63, 3.8) is 0 Å². The molecule has 0 aliphatic carbocycles. The summed E-state index contributed by atoms with van der Waals surface area (Å²) in [5.41, 5.74) is 1.08. The van der Waals surface area contributed by atoms with Gasteiger partial charge in [-0.3, -0.25) is 24.3 Å². The second-order valence-corrected chi connectivity index (χ2v) is 11.6. The zero-order valence-electron chi connectivity index (χ0n) is 25.1. The number of thiazole rings is 1. The number of aromatic nitrogens is 1. The number of esters is 2. The van der Waals surface area contributed by atoms with Crippen LogP contribution in [0.4, 0.5) is 5.69 Å². The second-order valence-electron chi connectivity index (χ2n) is 10.6. The number of rotatable bonds is 9. The van der Waals surface area contributed by atoms with Crippen molar-refractivity contribution in [1.29, 1.82) is 0 Å². The van der Waals surface area contributed by atoms with Crippen molar-refractivity contribution in [3.8, 4) is 22.8 Å². The summed E-state index contributed by atoms with van der Waals surface area (Å²) in [6.45, 7) is 6.95. The first kappa shape index (κ1) is 31.1. The molecule has 0 N–H and O–H groups in total. The summed E-state index contributed by atoms with van der Waals surface area (Å²) in [4.78, 5) is 54.8. The number of benzene rings is 2. The monoisotopic (exact) mass is 631 g/mol. The Morgan fingerprint density at radius 3 is 2.62 bits per heavy atom. The number of allylic oxidation sites excluding steroid dienone is 1. The largest absolute Gasteiger partial charge is 0.493 e. The van der Waals surface area contributed by atoms with Crippen LogP contribution in [0.2, 0.25) is 0 Å². The molecule has 2 aromatic heterocycles. The molecule has 1 aliphatic heterocycles. The first-order valence-electron chi connectivity index (χ1n) is 13.9. The number of ether oxygens (including phenoxy) is 3. The van der Waals surface area contributed by atoms with Crippen molar-refractivity contribution in [2.24, 2.45) is 10.9 Å². The van der Waals surface area contributed by atoms with E-state index in [2.05, 4.69) is 4.99 Å². The predicted octanol–water partition coefficient (Wildman–Crippen LogP) is 4.54. The van der Waals surface area contributed by atoms with E-state index < -0.39 is 28.5 Å². The number of nitro groups is 1. The number of fused-ring (bicyclic) bond motifs is 1. The topological polar surface area (TPSA) is 152 Å². The summed E-state index contributed by atoms with van der Waals surface area (Å²) < 4.78 is 23.9. The van der Waals surface area contributed by atoms with Crippen LogP contribution in [-0.2, 0) is 14.3 Å². The molecule has 0 amide bonds. The summed E-state index contributed by atoms with van der Waals surface area (Å²) >= 11 is 1.12. The van der Waals surface area contributed by atoms with E-state index in [0.717, 1.165) is 11.3 Å². The van der Waals surface area contributed by atoms with Crippen molar-refractivity contribution in [2.45, 2.75) is 33.7 Å². The predicted molar refractivity (Wildman–Crippen MR) is 165 cm³/mol. The number of methoxy groups -OCH3 is 1. The zero-order valence-corrected chi connectivity index (χ0v) is 25.9. The van der Waals surface area contributed by atoms with Gasteiger partial charge in [-0.1, -0.05) is 43.4 Å². The number of furan rings is 1. The van der Waals surface area contributed by atoms with Gasteiger partial charge in [0.05, 0.1) is 40.5 Å². The van der Waals surface area contributed by atoms with Crippen molar-refractivity contribution < 1.29 is 33.1 Å². The van der Waals surface area contributed by atoms with E-state index in [1.165, 1.54) is 36.8 Å². The standard InChI is InChI=1S/C32H29N3O9S/c1-17(2)16-42-31(38)28-18(3)33-32-34(29(28)21-9-11-25(43-19(4)36)26(14-21)41-5)30(37)27(45-32)15-23-10-12-24(44-23)20-7-6-8-22(13-20)35(39)40/h6-15,17,29H,16H2,1-5H3. The fourth-order valence-corrected chi connectivity index (χ4v) is 5.83. The molecule has 232 valence electrons. The third kappa shape index (κ3) is 6.48. The van der Waals surface area contributed by atoms with Gasteiger partial charge in [-0.2, -0.15) is 0 Å². The third-order valence-electron chi connectivity index (χ3n) is 6.79. The average molecular weight is 632 g/mol. The van der Waals surface area contributed by atoms with Crippen LogP contribution in [-0.4, -0.2) is 35.1 Å². The van der Waals surface area contributed by atoms with E-state index >= 15 is 0 Å². The van der Waals surface area contributed by atoms with Crippen LogP contribution in [0.3, 0.4) is 0 Å². The molecule has 5 rings (SSSR count). The molecule has 0 fully saturated rings. The van der Waals surface area contributed by atoms with Gasteiger partial charge in [0.15, 0.2) is 16.3 Å². The van der Waals surface area contributed by atoms with E-state index in [0.29, 0.717) is 33.1 Å². The fraction of sp³-hybridized carbons (Fsp3) is 0.250. The minimum Gasteiger partial charge on any atom is -0.493 e. The van der Waals surface area contributed by atoms with Crippen LogP contribution in [0.5, 0.6) is 11.5 Å². The highest BCUT2D eigenvalue weighted by molar-refractivity contribution is 7.07. The Hall–Kier alpha value is -5.30. The number of nitro benzene ring substituents is 1. The van der Waals surface area contributed by atoms with Gasteiger partial charge in [0.2, 0.25) is 0 Å². The number of carbonyl (C=O) groups is 2. The Morgan fingerprint density at radius 2 is 1.93 bits per heavy atom. The lowest BCUT2D eigenvalue weighted by molar-refractivity contribution is -0.384. The average Bonchev–Trinajstić information content (AvgIpc) is 3.59. The highest BCUT2D eigenvalue weighted by atomic mass is 32.1. The maximum atomic E-state index is 14.0. The molecule has 45 heavy (non-hydrogen) atoms. The smallest absolute Gasteiger partial charge is 0.338 e. The minimum absolute atomic E-state index is 0.0747. The lowest BCUT2D eigenvalue weighted by Crippen LogP contribution is -2.40. The molecule has 3 heterocycles. The third-order valence-corrected chi connectivity index (χ3v) is 7.77. The molecule has 0 saturated heterocycles. The van der Waals surface area contributed by atoms with Gasteiger partial charge in [0, 0.05) is 30.7 Å². The Labute approximate surface area is 260 Å². The number of nitrogens with zero attached hydrogens (tertiary/aromatic N) is 3. The Morgan fingerprint density at radius 1 is 1.16 bits per heavy atom. The highest BCUT2D eigenvalue weighted by Gasteiger charge is 2.34. The van der Waals surface area contributed by atoms with Crippen molar-refractivity contribution >= 4 is 35.0 Å². The first-order valence-corrected chi connectivity index (χ1v) is 14.7. The highest BCUT2D eigenvalue weighted by Crippen LogP contribution is 2.36. The molecule has 4 aromatic rings. The molecule has 0 saturated carbocycles. The Bertz CT molecular complexity index is 2030. The summed E-state index contributed by atoms with van der Waals surface area (Å²) in [5, 5.41) is 11.2. The molecule has 2 aromatic carbocycles. The lowest BCUT2D eigenvalue weighted by Gasteiger charge is -2.25. The molecule has 1 aliphatic rings. The number of hydrogen-bond donors (Lipinski definition) is 0. The molecule has 12 nitrogen and oxygen atoms in total. The van der Waals surface area contributed by atoms with E-state index in [9.17, 15) is 24.5 Å². The molecular weight excluding hydrogens is 602 g/mol.